The minimum absolute atomic E-state index is 0.0193. The third kappa shape index (κ3) is 34.8. The largest absolute Gasteiger partial charge is 0.460 e. The molecule has 0 saturated heterocycles. The van der Waals surface area contributed by atoms with Crippen molar-refractivity contribution in [3.05, 3.63) is 25.3 Å². The van der Waals surface area contributed by atoms with Gasteiger partial charge in [-0.05, 0) is 0 Å². The highest BCUT2D eigenvalue weighted by molar-refractivity contribution is 5.81. The Morgan fingerprint density at radius 2 is 0.803 bits per heavy atom. The molecular weight excluding hydrogens is 820 g/mol. The van der Waals surface area contributed by atoms with Gasteiger partial charge in [-0.25, -0.2) is 9.59 Å². The van der Waals surface area contributed by atoms with Crippen LogP contribution in [-0.2, 0) is 52.2 Å². The van der Waals surface area contributed by atoms with Crippen LogP contribution in [0.3, 0.4) is 0 Å². The number of rotatable bonds is 44. The van der Waals surface area contributed by atoms with Crippen LogP contribution in [0.2, 0.25) is 0 Å². The van der Waals surface area contributed by atoms with Gasteiger partial charge in [-0.3, -0.25) is 0 Å². The fourth-order valence-electron chi connectivity index (χ4n) is 5.20. The van der Waals surface area contributed by atoms with Crippen LogP contribution in [0.4, 0.5) is 0 Å². The van der Waals surface area contributed by atoms with Gasteiger partial charge in [-0.15, -0.1) is 0 Å². The molecule has 0 amide bonds. The van der Waals surface area contributed by atoms with Gasteiger partial charge in [0.2, 0.25) is 0 Å². The summed E-state index contributed by atoms with van der Waals surface area (Å²) in [5.74, 6) is -1.46. The van der Waals surface area contributed by atoms with E-state index in [4.69, 9.17) is 52.8 Å². The second-order valence-electron chi connectivity index (χ2n) is 13.9. The van der Waals surface area contributed by atoms with Gasteiger partial charge in [0.25, 0.3) is 0 Å². The zero-order valence-corrected chi connectivity index (χ0v) is 35.1. The van der Waals surface area contributed by atoms with Crippen molar-refractivity contribution in [1.29, 1.82) is 0 Å². The molecule has 0 rings (SSSR count). The van der Waals surface area contributed by atoms with Crippen molar-refractivity contribution in [2.45, 2.75) is 55.4 Å². The molecule has 0 bridgehead atoms. The number of hydrogen-bond acceptors (Lipinski definition) is 21. The summed E-state index contributed by atoms with van der Waals surface area (Å²) < 4.78 is 48.7. The fraction of sp³-hybridized carbons (Fsp3) is 0.842. The molecule has 8 atom stereocenters. The molecule has 0 radical (unpaired) electrons. The van der Waals surface area contributed by atoms with E-state index in [-0.39, 0.29) is 132 Å². The predicted molar refractivity (Wildman–Crippen MR) is 211 cm³/mol. The lowest BCUT2D eigenvalue weighted by molar-refractivity contribution is -0.904. The summed E-state index contributed by atoms with van der Waals surface area (Å²) in [5.41, 5.74) is 0. The molecule has 23 heteroatoms. The number of aliphatic hydroxyl groups is 10. The molecule has 0 aromatic heterocycles. The zero-order valence-electron chi connectivity index (χ0n) is 35.1. The summed E-state index contributed by atoms with van der Waals surface area (Å²) in [6, 6.07) is 0. The first-order valence-corrected chi connectivity index (χ1v) is 20.2. The molecule has 0 spiro atoms. The third-order valence-electron chi connectivity index (χ3n) is 8.21. The molecule has 12 N–H and O–H groups in total. The predicted octanol–water partition coefficient (Wildman–Crippen LogP) is -8.45. The lowest BCUT2D eigenvalue weighted by Gasteiger charge is -2.23. The number of aliphatic hydroxyl groups excluding tert-OH is 10. The smallest absolute Gasteiger partial charge is 0.330 e. The van der Waals surface area contributed by atoms with Gasteiger partial charge in [-0.1, -0.05) is 13.2 Å². The number of nitrogens with one attached hydrogen (secondary N) is 2. The second-order valence-corrected chi connectivity index (χ2v) is 13.9. The average Bonchev–Trinajstić information content (AvgIpc) is 3.23. The highest BCUT2D eigenvalue weighted by Gasteiger charge is 2.21. The van der Waals surface area contributed by atoms with Gasteiger partial charge in [0.15, 0.2) is 6.29 Å². The molecule has 0 aromatic rings. The van der Waals surface area contributed by atoms with E-state index in [1.54, 1.807) is 0 Å². The van der Waals surface area contributed by atoms with Crippen LogP contribution in [0, 0.1) is 0 Å². The Hall–Kier alpha value is -2.34. The van der Waals surface area contributed by atoms with Crippen molar-refractivity contribution < 1.29 is 113 Å². The van der Waals surface area contributed by atoms with E-state index in [1.165, 1.54) is 0 Å². The minimum atomic E-state index is -1.22. The SMILES string of the molecule is C=CC(=O)OCC(O)COC(COCC(O)COCCC(OCC(O)COCC(O)C[NH+](CCO)CCO)OCC(O)COC(=O)C=C)COCC(O)C[NH+](CCO)CCO. The Kier molecular flexibility index (Phi) is 37.8. The Balaban J connectivity index is 5.04. The summed E-state index contributed by atoms with van der Waals surface area (Å²) in [5, 5.41) is 98.5. The van der Waals surface area contributed by atoms with Crippen molar-refractivity contribution in [3.63, 3.8) is 0 Å². The Bertz CT molecular complexity index is 1070. The Morgan fingerprint density at radius 1 is 0.459 bits per heavy atom. The molecule has 61 heavy (non-hydrogen) atoms. The molecule has 360 valence electrons. The molecule has 0 aromatic carbocycles. The van der Waals surface area contributed by atoms with E-state index in [2.05, 4.69) is 13.2 Å². The molecule has 0 fully saturated rings. The van der Waals surface area contributed by atoms with Crippen molar-refractivity contribution >= 4 is 11.9 Å². The number of carbonyl (C=O) groups excluding carboxylic acids is 2. The molecule has 0 heterocycles. The minimum Gasteiger partial charge on any atom is -0.460 e. The first-order chi connectivity index (χ1) is 29.3. The van der Waals surface area contributed by atoms with Crippen molar-refractivity contribution in [3.8, 4) is 0 Å². The van der Waals surface area contributed by atoms with E-state index in [0.717, 1.165) is 22.0 Å². The summed E-state index contributed by atoms with van der Waals surface area (Å²) >= 11 is 0. The monoisotopic (exact) mass is 894 g/mol. The molecule has 23 nitrogen and oxygen atoms in total. The first kappa shape index (κ1) is 58.7. The van der Waals surface area contributed by atoms with Gasteiger partial charge in [0.05, 0.1) is 99.1 Å². The number of quaternary nitrogens is 2. The fourth-order valence-corrected chi connectivity index (χ4v) is 5.20. The number of ether oxygens (including phenoxy) is 9. The highest BCUT2D eigenvalue weighted by Crippen LogP contribution is 2.07. The molecule has 0 aliphatic carbocycles. The lowest BCUT2D eigenvalue weighted by atomic mass is 10.3. The third-order valence-corrected chi connectivity index (χ3v) is 8.21. The van der Waals surface area contributed by atoms with Crippen LogP contribution in [-0.4, -0.2) is 264 Å². The molecule has 8 unspecified atom stereocenters. The number of carbonyl (C=O) groups is 2. The zero-order chi connectivity index (χ0) is 45.7. The maximum Gasteiger partial charge on any atom is 0.330 e. The van der Waals surface area contributed by atoms with Gasteiger partial charge in [0, 0.05) is 18.6 Å². The van der Waals surface area contributed by atoms with E-state index >= 15 is 0 Å². The van der Waals surface area contributed by atoms with Gasteiger partial charge >= 0.3 is 11.9 Å². The maximum atomic E-state index is 11.3. The number of esters is 2. The summed E-state index contributed by atoms with van der Waals surface area (Å²) in [4.78, 5) is 24.2. The van der Waals surface area contributed by atoms with Crippen LogP contribution in [0.15, 0.2) is 25.3 Å². The van der Waals surface area contributed by atoms with E-state index in [0.29, 0.717) is 26.2 Å². The van der Waals surface area contributed by atoms with Crippen LogP contribution in [0.1, 0.15) is 6.42 Å². The van der Waals surface area contributed by atoms with E-state index in [1.807, 2.05) is 0 Å². The van der Waals surface area contributed by atoms with Crippen LogP contribution in [0.5, 0.6) is 0 Å². The lowest BCUT2D eigenvalue weighted by Crippen LogP contribution is -3.14. The first-order valence-electron chi connectivity index (χ1n) is 20.2. The van der Waals surface area contributed by atoms with E-state index < -0.39 is 61.0 Å². The molecule has 0 aliphatic rings. The maximum absolute atomic E-state index is 11.3. The topological polar surface area (TPSA) is 328 Å². The van der Waals surface area contributed by atoms with Crippen LogP contribution >= 0.6 is 0 Å². The molecular formula is C38H74N2O21+2. The van der Waals surface area contributed by atoms with Crippen molar-refractivity contribution in [2.75, 3.05) is 152 Å². The summed E-state index contributed by atoms with van der Waals surface area (Å²) in [7, 11) is 0. The molecule has 0 saturated carbocycles. The summed E-state index contributed by atoms with van der Waals surface area (Å²) in [6.45, 7) is 5.19. The Morgan fingerprint density at radius 3 is 1.21 bits per heavy atom. The number of hydrogen-bond donors (Lipinski definition) is 12. The van der Waals surface area contributed by atoms with E-state index in [9.17, 15) is 50.4 Å². The summed E-state index contributed by atoms with van der Waals surface area (Å²) in [6.07, 6.45) is -6.38. The second kappa shape index (κ2) is 39.3. The normalized spacial score (nSPS) is 15.8. The van der Waals surface area contributed by atoms with Gasteiger partial charge in [-0.2, -0.15) is 0 Å². The quantitative estimate of drug-likeness (QED) is 0.0117. The van der Waals surface area contributed by atoms with Gasteiger partial charge < -0.3 is 103 Å². The van der Waals surface area contributed by atoms with Crippen molar-refractivity contribution in [1.82, 2.24) is 0 Å². The van der Waals surface area contributed by atoms with Gasteiger partial charge in [0.1, 0.15) is 95.2 Å². The standard InChI is InChI=1S/C38H72N2O21/c1-3-36(51)58-23-33(49)22-57-35(27-55-18-30(46)16-40(8-12-43)9-13-44)28-56-20-31(47)19-53-14-5-38(61-26-34(50)24-59-37(52)4-2)60-25-32(48)21-54-17-29(45)15-39(6-10-41)7-11-42/h3-4,29-35,38,41-50H,1-2,5-28H2/p+2. The van der Waals surface area contributed by atoms with Crippen molar-refractivity contribution in [2.24, 2.45) is 0 Å². The van der Waals surface area contributed by atoms with Crippen LogP contribution < -0.4 is 9.80 Å². The Labute approximate surface area is 357 Å². The van der Waals surface area contributed by atoms with Crippen LogP contribution in [0.25, 0.3) is 0 Å². The highest BCUT2D eigenvalue weighted by atomic mass is 16.7. The average molecular weight is 895 g/mol. The molecule has 0 aliphatic heterocycles.